The lowest BCUT2D eigenvalue weighted by molar-refractivity contribution is -0.00433. The third-order valence-electron chi connectivity index (χ3n) is 4.26. The molecule has 100 valence electrons. The maximum absolute atomic E-state index is 6.09. The summed E-state index contributed by atoms with van der Waals surface area (Å²) in [6.07, 6.45) is 9.85. The summed E-state index contributed by atoms with van der Waals surface area (Å²) in [5, 5.41) is 3.40. The molecule has 1 aliphatic heterocycles. The van der Waals surface area contributed by atoms with E-state index in [2.05, 4.69) is 17.3 Å². The first-order valence-corrected chi connectivity index (χ1v) is 7.41. The molecule has 3 nitrogen and oxygen atoms in total. The molecule has 3 heteroatoms. The molecule has 0 radical (unpaired) electrons. The van der Waals surface area contributed by atoms with Crippen molar-refractivity contribution in [2.24, 2.45) is 0 Å². The lowest BCUT2D eigenvalue weighted by Crippen LogP contribution is -2.43. The highest BCUT2D eigenvalue weighted by Crippen LogP contribution is 2.21. The molecule has 0 aromatic rings. The molecule has 2 atom stereocenters. The summed E-state index contributed by atoms with van der Waals surface area (Å²) < 4.78 is 6.09. The van der Waals surface area contributed by atoms with Gasteiger partial charge in [0.2, 0.25) is 0 Å². The van der Waals surface area contributed by atoms with Crippen molar-refractivity contribution in [1.29, 1.82) is 0 Å². The van der Waals surface area contributed by atoms with Crippen LogP contribution in [-0.4, -0.2) is 50.3 Å². The summed E-state index contributed by atoms with van der Waals surface area (Å²) in [7, 11) is 2.07. The Morgan fingerprint density at radius 1 is 1.06 bits per heavy atom. The number of hydrogen-bond donors (Lipinski definition) is 1. The van der Waals surface area contributed by atoms with Gasteiger partial charge in [-0.3, -0.25) is 0 Å². The quantitative estimate of drug-likeness (QED) is 0.795. The first-order chi connectivity index (χ1) is 8.40. The second kappa shape index (κ2) is 7.34. The van der Waals surface area contributed by atoms with Gasteiger partial charge in [0.25, 0.3) is 0 Å². The molecule has 0 spiro atoms. The molecule has 0 amide bonds. The van der Waals surface area contributed by atoms with Gasteiger partial charge in [-0.2, -0.15) is 0 Å². The van der Waals surface area contributed by atoms with Crippen LogP contribution >= 0.6 is 0 Å². The Balaban J connectivity index is 1.62. The minimum atomic E-state index is 0.457. The number of nitrogens with one attached hydrogen (secondary N) is 1. The zero-order valence-electron chi connectivity index (χ0n) is 11.3. The molecule has 1 aliphatic carbocycles. The lowest BCUT2D eigenvalue weighted by atomic mass is 9.92. The molecule has 1 heterocycles. The average Bonchev–Trinajstić information content (AvgIpc) is 2.40. The van der Waals surface area contributed by atoms with Crippen LogP contribution < -0.4 is 5.32 Å². The standard InChI is InChI=1S/C14H28N2O/c1-15-13-7-3-4-8-14(13)17-12-11-16-9-5-2-6-10-16/h13-15H,2-12H2,1H3. The first-order valence-electron chi connectivity index (χ1n) is 7.41. The van der Waals surface area contributed by atoms with Crippen LogP contribution in [0.3, 0.4) is 0 Å². The van der Waals surface area contributed by atoms with Crippen LogP contribution in [0, 0.1) is 0 Å². The van der Waals surface area contributed by atoms with Gasteiger partial charge in [0.15, 0.2) is 0 Å². The summed E-state index contributed by atoms with van der Waals surface area (Å²) in [6.45, 7) is 4.61. The molecule has 2 fully saturated rings. The molecular weight excluding hydrogens is 212 g/mol. The molecule has 1 N–H and O–H groups in total. The highest BCUT2D eigenvalue weighted by molar-refractivity contribution is 4.80. The molecule has 0 aromatic carbocycles. The van der Waals surface area contributed by atoms with E-state index in [-0.39, 0.29) is 0 Å². The van der Waals surface area contributed by atoms with Crippen LogP contribution in [0.5, 0.6) is 0 Å². The smallest absolute Gasteiger partial charge is 0.0728 e. The Labute approximate surface area is 106 Å². The van der Waals surface area contributed by atoms with Crippen molar-refractivity contribution in [3.05, 3.63) is 0 Å². The van der Waals surface area contributed by atoms with Crippen LogP contribution in [0.25, 0.3) is 0 Å². The van der Waals surface area contributed by atoms with Crippen LogP contribution in [0.4, 0.5) is 0 Å². The average molecular weight is 240 g/mol. The fourth-order valence-electron chi connectivity index (χ4n) is 3.14. The zero-order valence-corrected chi connectivity index (χ0v) is 11.3. The van der Waals surface area contributed by atoms with Crippen LogP contribution in [-0.2, 0) is 4.74 Å². The zero-order chi connectivity index (χ0) is 11.9. The molecule has 2 unspecified atom stereocenters. The lowest BCUT2D eigenvalue weighted by Gasteiger charge is -2.32. The molecule has 17 heavy (non-hydrogen) atoms. The fourth-order valence-corrected chi connectivity index (χ4v) is 3.14. The van der Waals surface area contributed by atoms with Gasteiger partial charge in [-0.15, -0.1) is 0 Å². The summed E-state index contributed by atoms with van der Waals surface area (Å²) in [5.74, 6) is 0. The van der Waals surface area contributed by atoms with E-state index in [1.54, 1.807) is 0 Å². The Bertz CT molecular complexity index is 204. The Morgan fingerprint density at radius 3 is 2.59 bits per heavy atom. The Kier molecular flexibility index (Phi) is 5.75. The van der Waals surface area contributed by atoms with E-state index >= 15 is 0 Å². The van der Waals surface area contributed by atoms with Crippen molar-refractivity contribution in [3.63, 3.8) is 0 Å². The highest BCUT2D eigenvalue weighted by atomic mass is 16.5. The Morgan fingerprint density at radius 2 is 1.82 bits per heavy atom. The maximum Gasteiger partial charge on any atom is 0.0728 e. The van der Waals surface area contributed by atoms with E-state index < -0.39 is 0 Å². The first kappa shape index (κ1) is 13.3. The van der Waals surface area contributed by atoms with Crippen molar-refractivity contribution in [1.82, 2.24) is 10.2 Å². The van der Waals surface area contributed by atoms with E-state index in [0.717, 1.165) is 13.2 Å². The summed E-state index contributed by atoms with van der Waals surface area (Å²) >= 11 is 0. The van der Waals surface area contributed by atoms with Gasteiger partial charge in [-0.1, -0.05) is 19.3 Å². The predicted octanol–water partition coefficient (Wildman–Crippen LogP) is 2.02. The fraction of sp³-hybridized carbons (Fsp3) is 1.00. The molecular formula is C14H28N2O. The monoisotopic (exact) mass is 240 g/mol. The van der Waals surface area contributed by atoms with E-state index in [1.807, 2.05) is 0 Å². The minimum Gasteiger partial charge on any atom is -0.375 e. The predicted molar refractivity (Wildman–Crippen MR) is 71.3 cm³/mol. The number of ether oxygens (including phenoxy) is 1. The molecule has 0 bridgehead atoms. The summed E-state index contributed by atoms with van der Waals surface area (Å²) in [5.41, 5.74) is 0. The molecule has 2 rings (SSSR count). The largest absolute Gasteiger partial charge is 0.375 e. The van der Waals surface area contributed by atoms with Crippen LogP contribution in [0.2, 0.25) is 0 Å². The van der Waals surface area contributed by atoms with Crippen molar-refractivity contribution in [2.45, 2.75) is 57.1 Å². The van der Waals surface area contributed by atoms with E-state index in [4.69, 9.17) is 4.74 Å². The second-order valence-corrected chi connectivity index (χ2v) is 5.49. The third-order valence-corrected chi connectivity index (χ3v) is 4.26. The van der Waals surface area contributed by atoms with Gasteiger partial charge >= 0.3 is 0 Å². The summed E-state index contributed by atoms with van der Waals surface area (Å²) in [4.78, 5) is 2.56. The number of nitrogens with zero attached hydrogens (tertiary/aromatic N) is 1. The van der Waals surface area contributed by atoms with E-state index in [9.17, 15) is 0 Å². The molecule has 1 saturated heterocycles. The normalized spacial score (nSPS) is 31.6. The maximum atomic E-state index is 6.09. The van der Waals surface area contributed by atoms with E-state index in [1.165, 1.54) is 58.0 Å². The van der Waals surface area contributed by atoms with Crippen LogP contribution in [0.1, 0.15) is 44.9 Å². The second-order valence-electron chi connectivity index (χ2n) is 5.49. The van der Waals surface area contributed by atoms with Crippen LogP contribution in [0.15, 0.2) is 0 Å². The number of hydrogen-bond acceptors (Lipinski definition) is 3. The number of piperidine rings is 1. The molecule has 0 aromatic heterocycles. The van der Waals surface area contributed by atoms with Gasteiger partial charge < -0.3 is 15.0 Å². The number of rotatable bonds is 5. The van der Waals surface area contributed by atoms with Crippen molar-refractivity contribution in [2.75, 3.05) is 33.3 Å². The van der Waals surface area contributed by atoms with Gasteiger partial charge in [0.1, 0.15) is 0 Å². The van der Waals surface area contributed by atoms with Crippen molar-refractivity contribution < 1.29 is 4.74 Å². The Hall–Kier alpha value is -0.120. The van der Waals surface area contributed by atoms with Gasteiger partial charge in [-0.25, -0.2) is 0 Å². The molecule has 1 saturated carbocycles. The van der Waals surface area contributed by atoms with Gasteiger partial charge in [0.05, 0.1) is 12.7 Å². The highest BCUT2D eigenvalue weighted by Gasteiger charge is 2.24. The van der Waals surface area contributed by atoms with E-state index in [0.29, 0.717) is 12.1 Å². The number of likely N-dealkylation sites (N-methyl/N-ethyl adjacent to an activating group) is 1. The van der Waals surface area contributed by atoms with Crippen molar-refractivity contribution in [3.8, 4) is 0 Å². The number of likely N-dealkylation sites (tertiary alicyclic amines) is 1. The van der Waals surface area contributed by atoms with Crippen molar-refractivity contribution >= 4 is 0 Å². The van der Waals surface area contributed by atoms with Gasteiger partial charge in [-0.05, 0) is 45.8 Å². The van der Waals surface area contributed by atoms with Gasteiger partial charge in [0, 0.05) is 12.6 Å². The molecule has 2 aliphatic rings. The summed E-state index contributed by atoms with van der Waals surface area (Å²) in [6, 6.07) is 0.588. The third kappa shape index (κ3) is 4.23. The topological polar surface area (TPSA) is 24.5 Å². The minimum absolute atomic E-state index is 0.457. The SMILES string of the molecule is CNC1CCCCC1OCCN1CCCCC1.